The van der Waals surface area contributed by atoms with Gasteiger partial charge in [0.15, 0.2) is 17.5 Å². The van der Waals surface area contributed by atoms with E-state index in [1.807, 2.05) is 72.8 Å². The maximum Gasteiger partial charge on any atom is 0.164 e. The number of furan rings is 1. The van der Waals surface area contributed by atoms with Gasteiger partial charge in [0.25, 0.3) is 0 Å². The molecule has 0 aliphatic rings. The van der Waals surface area contributed by atoms with Crippen LogP contribution in [0.25, 0.3) is 106 Å². The maximum absolute atomic E-state index is 6.19. The van der Waals surface area contributed by atoms with E-state index in [9.17, 15) is 0 Å². The normalized spacial score (nSPS) is 11.6. The molecule has 56 heavy (non-hydrogen) atoms. The van der Waals surface area contributed by atoms with E-state index in [0.29, 0.717) is 17.5 Å². The van der Waals surface area contributed by atoms with Gasteiger partial charge < -0.3 is 8.98 Å². The van der Waals surface area contributed by atoms with Crippen molar-refractivity contribution >= 4 is 43.7 Å². The Labute approximate surface area is 322 Å². The van der Waals surface area contributed by atoms with Gasteiger partial charge in [-0.2, -0.15) is 0 Å². The van der Waals surface area contributed by atoms with Crippen LogP contribution in [0.3, 0.4) is 0 Å². The summed E-state index contributed by atoms with van der Waals surface area (Å²) in [5.74, 6) is 1.93. The van der Waals surface area contributed by atoms with Gasteiger partial charge in [-0.15, -0.1) is 0 Å². The van der Waals surface area contributed by atoms with Gasteiger partial charge in [0.05, 0.1) is 11.0 Å². The minimum Gasteiger partial charge on any atom is -0.456 e. The molecule has 11 aromatic rings. The highest BCUT2D eigenvalue weighted by Gasteiger charge is 2.16. The van der Waals surface area contributed by atoms with E-state index in [-0.39, 0.29) is 0 Å². The molecule has 0 aliphatic heterocycles. The van der Waals surface area contributed by atoms with Crippen LogP contribution >= 0.6 is 0 Å². The third-order valence-electron chi connectivity index (χ3n) is 10.7. The molecular formula is C51H32N4O. The van der Waals surface area contributed by atoms with Gasteiger partial charge >= 0.3 is 0 Å². The minimum atomic E-state index is 0.637. The first-order valence-electron chi connectivity index (χ1n) is 18.8. The summed E-state index contributed by atoms with van der Waals surface area (Å²) in [6, 6.07) is 67.6. The molecule has 8 aromatic carbocycles. The van der Waals surface area contributed by atoms with E-state index in [0.717, 1.165) is 77.6 Å². The van der Waals surface area contributed by atoms with Crippen molar-refractivity contribution in [2.24, 2.45) is 0 Å². The van der Waals surface area contributed by atoms with Crippen LogP contribution in [0.5, 0.6) is 0 Å². The van der Waals surface area contributed by atoms with Gasteiger partial charge in [0.2, 0.25) is 0 Å². The number of rotatable bonds is 6. The summed E-state index contributed by atoms with van der Waals surface area (Å²) in [4.78, 5) is 14.8. The fourth-order valence-corrected chi connectivity index (χ4v) is 7.91. The monoisotopic (exact) mass is 716 g/mol. The molecule has 0 bridgehead atoms. The van der Waals surface area contributed by atoms with Crippen molar-refractivity contribution in [2.45, 2.75) is 0 Å². The number of hydrogen-bond acceptors (Lipinski definition) is 4. The number of hydrogen-bond donors (Lipinski definition) is 0. The van der Waals surface area contributed by atoms with E-state index in [1.54, 1.807) is 0 Å². The average Bonchev–Trinajstić information content (AvgIpc) is 3.82. The van der Waals surface area contributed by atoms with E-state index >= 15 is 0 Å². The Kier molecular flexibility index (Phi) is 7.42. The summed E-state index contributed by atoms with van der Waals surface area (Å²) >= 11 is 0. The Bertz CT molecular complexity index is 3180. The van der Waals surface area contributed by atoms with E-state index in [2.05, 4.69) is 126 Å². The molecule has 0 N–H and O–H groups in total. The van der Waals surface area contributed by atoms with E-state index in [4.69, 9.17) is 19.4 Å². The predicted octanol–water partition coefficient (Wildman–Crippen LogP) is 13.2. The lowest BCUT2D eigenvalue weighted by Crippen LogP contribution is -2.00. The largest absolute Gasteiger partial charge is 0.456 e. The topological polar surface area (TPSA) is 56.7 Å². The van der Waals surface area contributed by atoms with Crippen LogP contribution in [-0.2, 0) is 0 Å². The average molecular weight is 717 g/mol. The molecule has 0 spiro atoms. The molecule has 0 aliphatic carbocycles. The van der Waals surface area contributed by atoms with Gasteiger partial charge in [0.1, 0.15) is 11.2 Å². The molecule has 3 aromatic heterocycles. The Morgan fingerprint density at radius 3 is 1.57 bits per heavy atom. The van der Waals surface area contributed by atoms with Crippen molar-refractivity contribution in [3.63, 3.8) is 0 Å². The zero-order valence-corrected chi connectivity index (χ0v) is 30.2. The molecule has 0 radical (unpaired) electrons. The zero-order chi connectivity index (χ0) is 37.0. The first kappa shape index (κ1) is 31.9. The lowest BCUT2D eigenvalue weighted by atomic mass is 10.0. The molecule has 0 saturated carbocycles. The minimum absolute atomic E-state index is 0.637. The predicted molar refractivity (Wildman–Crippen MR) is 229 cm³/mol. The summed E-state index contributed by atoms with van der Waals surface area (Å²) in [6.07, 6.45) is 0. The molecule has 0 saturated heterocycles. The molecule has 0 atom stereocenters. The quantitative estimate of drug-likeness (QED) is 0.172. The van der Waals surface area contributed by atoms with E-state index in [1.165, 1.54) is 10.8 Å². The van der Waals surface area contributed by atoms with Crippen LogP contribution in [0.4, 0.5) is 0 Å². The second-order valence-electron chi connectivity index (χ2n) is 14.1. The highest BCUT2D eigenvalue weighted by Crippen LogP contribution is 2.37. The summed E-state index contributed by atoms with van der Waals surface area (Å²) < 4.78 is 8.55. The van der Waals surface area contributed by atoms with Crippen LogP contribution in [-0.4, -0.2) is 19.5 Å². The van der Waals surface area contributed by atoms with Crippen molar-refractivity contribution in [1.29, 1.82) is 0 Å². The van der Waals surface area contributed by atoms with Gasteiger partial charge in [-0.1, -0.05) is 140 Å². The molecule has 3 heterocycles. The van der Waals surface area contributed by atoms with Gasteiger partial charge in [-0.3, -0.25) is 0 Å². The number of fused-ring (bicyclic) bond motifs is 6. The zero-order valence-electron chi connectivity index (χ0n) is 30.2. The fraction of sp³-hybridized carbons (Fsp3) is 0. The standard InChI is InChI=1S/C51H32N4O/c1-3-12-34(13-4-1)49-52-50(35-14-5-2-6-15-35)54-51(53-49)39-17-11-16-36(30-39)37-25-29-46-44(31-37)41-18-7-9-20-45(41)55(46)40-26-22-33(23-27-40)38-24-28-43-42-19-8-10-21-47(42)56-48(43)32-38/h1-32H. The second kappa shape index (κ2) is 13.0. The number of para-hydroxylation sites is 2. The Hall–Kier alpha value is -7.63. The highest BCUT2D eigenvalue weighted by atomic mass is 16.3. The Morgan fingerprint density at radius 2 is 0.821 bits per heavy atom. The molecule has 5 nitrogen and oxygen atoms in total. The first-order valence-corrected chi connectivity index (χ1v) is 18.8. The van der Waals surface area contributed by atoms with Crippen LogP contribution < -0.4 is 0 Å². The summed E-state index contributed by atoms with van der Waals surface area (Å²) in [5.41, 5.74) is 12.6. The summed E-state index contributed by atoms with van der Waals surface area (Å²) in [6.45, 7) is 0. The van der Waals surface area contributed by atoms with Crippen molar-refractivity contribution in [3.8, 4) is 62.1 Å². The Balaban J connectivity index is 0.973. The molecule has 0 amide bonds. The smallest absolute Gasteiger partial charge is 0.164 e. The number of nitrogens with zero attached hydrogens (tertiary/aromatic N) is 4. The highest BCUT2D eigenvalue weighted by molar-refractivity contribution is 6.10. The van der Waals surface area contributed by atoms with Crippen molar-refractivity contribution in [1.82, 2.24) is 19.5 Å². The second-order valence-corrected chi connectivity index (χ2v) is 14.1. The third-order valence-corrected chi connectivity index (χ3v) is 10.7. The SMILES string of the molecule is c1ccc(-c2nc(-c3ccccc3)nc(-c3cccc(-c4ccc5c(c4)c4ccccc4n5-c4ccc(-c5ccc6c(c5)oc5ccccc56)cc4)c3)n2)cc1. The summed E-state index contributed by atoms with van der Waals surface area (Å²) in [5, 5.41) is 4.68. The lowest BCUT2D eigenvalue weighted by Gasteiger charge is -2.11. The van der Waals surface area contributed by atoms with E-state index < -0.39 is 0 Å². The number of benzene rings is 8. The molecule has 0 unspecified atom stereocenters. The molecule has 11 rings (SSSR count). The van der Waals surface area contributed by atoms with Crippen molar-refractivity contribution in [3.05, 3.63) is 194 Å². The molecular weight excluding hydrogens is 685 g/mol. The molecule has 5 heteroatoms. The maximum atomic E-state index is 6.19. The fourth-order valence-electron chi connectivity index (χ4n) is 7.91. The molecule has 0 fully saturated rings. The first-order chi connectivity index (χ1) is 27.7. The van der Waals surface area contributed by atoms with Crippen molar-refractivity contribution in [2.75, 3.05) is 0 Å². The van der Waals surface area contributed by atoms with Gasteiger partial charge in [-0.25, -0.2) is 15.0 Å². The van der Waals surface area contributed by atoms with Crippen LogP contribution in [0.1, 0.15) is 0 Å². The van der Waals surface area contributed by atoms with Gasteiger partial charge in [-0.05, 0) is 76.9 Å². The van der Waals surface area contributed by atoms with Crippen LogP contribution in [0, 0.1) is 0 Å². The number of aromatic nitrogens is 4. The van der Waals surface area contributed by atoms with Gasteiger partial charge in [0, 0.05) is 43.9 Å². The summed E-state index contributed by atoms with van der Waals surface area (Å²) in [7, 11) is 0. The molecule has 262 valence electrons. The van der Waals surface area contributed by atoms with Crippen LogP contribution in [0.15, 0.2) is 199 Å². The Morgan fingerprint density at radius 1 is 0.304 bits per heavy atom. The third kappa shape index (κ3) is 5.45. The van der Waals surface area contributed by atoms with Crippen molar-refractivity contribution < 1.29 is 4.42 Å². The van der Waals surface area contributed by atoms with Crippen LogP contribution in [0.2, 0.25) is 0 Å². The lowest BCUT2D eigenvalue weighted by molar-refractivity contribution is 0.669.